The standard InChI is InChI=1S/C26H30ClNO5/c1-17-11-21(12-18(2)25(17)27)33-24-16-32-23-13-20(7-8-22(23)26(24)30)31-15-19(29)14-28-9-5-3-4-6-10-28/h7-8,11-13,16,19,29H,3-6,9-10,14-15H2,1-2H3/t19-/m1/s1. The number of aryl methyl sites for hydroxylation is 2. The Bertz CT molecular complexity index is 1140. The third kappa shape index (κ3) is 5.88. The zero-order valence-electron chi connectivity index (χ0n) is 19.1. The molecule has 1 aromatic heterocycles. The molecule has 4 rings (SSSR count). The molecule has 1 N–H and O–H groups in total. The number of hydrogen-bond acceptors (Lipinski definition) is 6. The second-order valence-electron chi connectivity index (χ2n) is 8.74. The molecule has 0 aliphatic carbocycles. The van der Waals surface area contributed by atoms with E-state index in [-0.39, 0.29) is 17.8 Å². The summed E-state index contributed by atoms with van der Waals surface area (Å²) in [5, 5.41) is 11.5. The van der Waals surface area contributed by atoms with E-state index in [4.69, 9.17) is 25.5 Å². The number of hydrogen-bond donors (Lipinski definition) is 1. The van der Waals surface area contributed by atoms with Crippen molar-refractivity contribution in [1.82, 2.24) is 4.90 Å². The van der Waals surface area contributed by atoms with Gasteiger partial charge in [0.2, 0.25) is 11.2 Å². The number of nitrogens with zero attached hydrogens (tertiary/aromatic N) is 1. The van der Waals surface area contributed by atoms with E-state index in [1.165, 1.54) is 31.9 Å². The number of ether oxygens (including phenoxy) is 2. The summed E-state index contributed by atoms with van der Waals surface area (Å²) in [7, 11) is 0. The van der Waals surface area contributed by atoms with E-state index in [1.807, 2.05) is 13.8 Å². The maximum absolute atomic E-state index is 12.9. The molecule has 1 saturated heterocycles. The van der Waals surface area contributed by atoms with Gasteiger partial charge in [0.25, 0.3) is 0 Å². The van der Waals surface area contributed by atoms with E-state index in [0.29, 0.717) is 34.0 Å². The highest BCUT2D eigenvalue weighted by atomic mass is 35.5. The molecule has 3 aromatic rings. The van der Waals surface area contributed by atoms with Crippen LogP contribution < -0.4 is 14.9 Å². The van der Waals surface area contributed by atoms with Crippen molar-refractivity contribution >= 4 is 22.6 Å². The predicted octanol–water partition coefficient (Wildman–Crippen LogP) is 5.47. The van der Waals surface area contributed by atoms with Crippen molar-refractivity contribution in [2.75, 3.05) is 26.2 Å². The number of rotatable bonds is 7. The summed E-state index contributed by atoms with van der Waals surface area (Å²) in [6.07, 6.45) is 5.62. The van der Waals surface area contributed by atoms with Crippen molar-refractivity contribution in [2.24, 2.45) is 0 Å². The molecule has 176 valence electrons. The molecule has 1 fully saturated rings. The number of aliphatic hydroxyl groups excluding tert-OH is 1. The molecule has 1 atom stereocenters. The minimum atomic E-state index is -0.576. The van der Waals surface area contributed by atoms with Crippen LogP contribution in [0.15, 0.2) is 45.8 Å². The topological polar surface area (TPSA) is 72.1 Å². The molecule has 0 spiro atoms. The van der Waals surface area contributed by atoms with E-state index in [2.05, 4.69) is 4.90 Å². The van der Waals surface area contributed by atoms with Crippen LogP contribution in [0.1, 0.15) is 36.8 Å². The Morgan fingerprint density at radius 3 is 2.45 bits per heavy atom. The number of fused-ring (bicyclic) bond motifs is 1. The van der Waals surface area contributed by atoms with Crippen LogP contribution in [0.4, 0.5) is 0 Å². The average molecular weight is 472 g/mol. The lowest BCUT2D eigenvalue weighted by Gasteiger charge is -2.23. The van der Waals surface area contributed by atoms with Gasteiger partial charge in [-0.1, -0.05) is 24.4 Å². The van der Waals surface area contributed by atoms with Crippen molar-refractivity contribution in [3.8, 4) is 17.2 Å². The highest BCUT2D eigenvalue weighted by Gasteiger charge is 2.15. The Labute approximate surface area is 198 Å². The molecule has 0 bridgehead atoms. The van der Waals surface area contributed by atoms with Gasteiger partial charge in [-0.25, -0.2) is 0 Å². The minimum absolute atomic E-state index is 0.102. The van der Waals surface area contributed by atoms with Gasteiger partial charge in [0.1, 0.15) is 36.1 Å². The fourth-order valence-corrected chi connectivity index (χ4v) is 4.31. The van der Waals surface area contributed by atoms with Crippen molar-refractivity contribution < 1.29 is 19.0 Å². The van der Waals surface area contributed by atoms with Gasteiger partial charge in [-0.15, -0.1) is 0 Å². The second-order valence-corrected chi connectivity index (χ2v) is 9.12. The highest BCUT2D eigenvalue weighted by molar-refractivity contribution is 6.32. The summed E-state index contributed by atoms with van der Waals surface area (Å²) < 4.78 is 17.2. The lowest BCUT2D eigenvalue weighted by molar-refractivity contribution is 0.0694. The first kappa shape index (κ1) is 23.6. The molecule has 1 aliphatic heterocycles. The predicted molar refractivity (Wildman–Crippen MR) is 130 cm³/mol. The van der Waals surface area contributed by atoms with Crippen LogP contribution >= 0.6 is 11.6 Å². The largest absolute Gasteiger partial charge is 0.491 e. The van der Waals surface area contributed by atoms with Crippen LogP contribution in [-0.2, 0) is 0 Å². The van der Waals surface area contributed by atoms with Gasteiger partial charge in [-0.2, -0.15) is 0 Å². The lowest BCUT2D eigenvalue weighted by Crippen LogP contribution is -2.36. The first-order valence-electron chi connectivity index (χ1n) is 11.4. The zero-order chi connectivity index (χ0) is 23.4. The molecule has 6 nitrogen and oxygen atoms in total. The van der Waals surface area contributed by atoms with E-state index in [9.17, 15) is 9.90 Å². The third-order valence-electron chi connectivity index (χ3n) is 5.96. The normalized spacial score (nSPS) is 15.9. The highest BCUT2D eigenvalue weighted by Crippen LogP contribution is 2.29. The van der Waals surface area contributed by atoms with Crippen LogP contribution in [0, 0.1) is 13.8 Å². The quantitative estimate of drug-likeness (QED) is 0.492. The van der Waals surface area contributed by atoms with Gasteiger partial charge < -0.3 is 23.9 Å². The molecule has 0 saturated carbocycles. The monoisotopic (exact) mass is 471 g/mol. The number of β-amino-alcohol motifs (C(OH)–C–C–N with tert-alkyl or cyclic N) is 1. The number of benzene rings is 2. The Morgan fingerprint density at radius 1 is 1.06 bits per heavy atom. The van der Waals surface area contributed by atoms with Crippen LogP contribution in [0.5, 0.6) is 17.2 Å². The maximum atomic E-state index is 12.9. The molecule has 2 aromatic carbocycles. The van der Waals surface area contributed by atoms with Gasteiger partial charge >= 0.3 is 0 Å². The SMILES string of the molecule is Cc1cc(Oc2coc3cc(OC[C@H](O)CN4CCCCCC4)ccc3c2=O)cc(C)c1Cl. The summed E-state index contributed by atoms with van der Waals surface area (Å²) in [6.45, 7) is 6.61. The van der Waals surface area contributed by atoms with E-state index in [0.717, 1.165) is 24.2 Å². The Kier molecular flexibility index (Phi) is 7.58. The number of halogens is 1. The Morgan fingerprint density at radius 2 is 1.76 bits per heavy atom. The average Bonchev–Trinajstić information content (AvgIpc) is 3.06. The molecular formula is C26H30ClNO5. The molecule has 7 heteroatoms. The molecule has 2 heterocycles. The smallest absolute Gasteiger partial charge is 0.235 e. The van der Waals surface area contributed by atoms with Crippen LogP contribution in [0.2, 0.25) is 5.02 Å². The summed E-state index contributed by atoms with van der Waals surface area (Å²) in [5.74, 6) is 1.17. The summed E-state index contributed by atoms with van der Waals surface area (Å²) in [5.41, 5.74) is 1.87. The van der Waals surface area contributed by atoms with Crippen LogP contribution in [-0.4, -0.2) is 42.4 Å². The number of aliphatic hydroxyl groups is 1. The lowest BCUT2D eigenvalue weighted by atomic mass is 10.1. The van der Waals surface area contributed by atoms with E-state index in [1.54, 1.807) is 30.3 Å². The van der Waals surface area contributed by atoms with Gasteiger partial charge in [0.15, 0.2) is 0 Å². The fourth-order valence-electron chi connectivity index (χ4n) is 4.21. The molecule has 0 radical (unpaired) electrons. The van der Waals surface area contributed by atoms with Crippen molar-refractivity contribution in [2.45, 2.75) is 45.6 Å². The van der Waals surface area contributed by atoms with Crippen LogP contribution in [0.25, 0.3) is 11.0 Å². The molecule has 0 amide bonds. The van der Waals surface area contributed by atoms with Gasteiger partial charge in [0.05, 0.1) is 5.39 Å². The van der Waals surface area contributed by atoms with Crippen molar-refractivity contribution in [3.63, 3.8) is 0 Å². The summed E-state index contributed by atoms with van der Waals surface area (Å²) >= 11 is 6.21. The van der Waals surface area contributed by atoms with Crippen LogP contribution in [0.3, 0.4) is 0 Å². The third-order valence-corrected chi connectivity index (χ3v) is 6.56. The number of likely N-dealkylation sites (tertiary alicyclic amines) is 1. The van der Waals surface area contributed by atoms with Gasteiger partial charge in [0, 0.05) is 17.6 Å². The van der Waals surface area contributed by atoms with Crippen molar-refractivity contribution in [1.29, 1.82) is 0 Å². The molecule has 1 aliphatic rings. The first-order chi connectivity index (χ1) is 15.9. The first-order valence-corrected chi connectivity index (χ1v) is 11.8. The Balaban J connectivity index is 1.42. The second kappa shape index (κ2) is 10.6. The molecular weight excluding hydrogens is 442 g/mol. The molecule has 0 unspecified atom stereocenters. The molecule has 33 heavy (non-hydrogen) atoms. The van der Waals surface area contributed by atoms with Gasteiger partial charge in [-0.05, 0) is 75.2 Å². The van der Waals surface area contributed by atoms with E-state index >= 15 is 0 Å². The minimum Gasteiger partial charge on any atom is -0.491 e. The Hall–Kier alpha value is -2.54. The zero-order valence-corrected chi connectivity index (χ0v) is 19.9. The maximum Gasteiger partial charge on any atom is 0.235 e. The fraction of sp³-hybridized carbons (Fsp3) is 0.423. The summed E-state index contributed by atoms with van der Waals surface area (Å²) in [4.78, 5) is 15.2. The van der Waals surface area contributed by atoms with Crippen molar-refractivity contribution in [3.05, 3.63) is 63.0 Å². The van der Waals surface area contributed by atoms with E-state index < -0.39 is 6.10 Å². The summed E-state index contributed by atoms with van der Waals surface area (Å²) in [6, 6.07) is 8.59. The van der Waals surface area contributed by atoms with Gasteiger partial charge in [-0.3, -0.25) is 4.79 Å².